The van der Waals surface area contributed by atoms with Crippen molar-refractivity contribution in [2.75, 3.05) is 51.8 Å². The number of ether oxygens (including phenoxy) is 2. The van der Waals surface area contributed by atoms with Gasteiger partial charge < -0.3 is 19.2 Å². The fourth-order valence-corrected chi connectivity index (χ4v) is 3.96. The summed E-state index contributed by atoms with van der Waals surface area (Å²) in [6, 6.07) is 14.3. The van der Waals surface area contributed by atoms with Crippen LogP contribution in [0.4, 0.5) is 5.69 Å². The molecule has 2 aromatic carbocycles. The topological polar surface area (TPSA) is 85.5 Å². The zero-order valence-corrected chi connectivity index (χ0v) is 18.0. The fourth-order valence-electron chi connectivity index (χ4n) is 3.96. The highest BCUT2D eigenvalue weighted by Crippen LogP contribution is 2.35. The van der Waals surface area contributed by atoms with Gasteiger partial charge in [-0.25, -0.2) is 0 Å². The lowest BCUT2D eigenvalue weighted by atomic mass is 10.0. The first-order valence-electron chi connectivity index (χ1n) is 10.7. The van der Waals surface area contributed by atoms with E-state index in [0.717, 1.165) is 78.4 Å². The number of rotatable bonds is 7. The van der Waals surface area contributed by atoms with Crippen LogP contribution in [0.25, 0.3) is 33.5 Å². The smallest absolute Gasteiger partial charge is 0.251 e. The molecule has 4 aromatic rings. The normalized spacial score (nSPS) is 14.5. The molecule has 3 heterocycles. The second-order valence-corrected chi connectivity index (χ2v) is 7.63. The lowest BCUT2D eigenvalue weighted by Gasteiger charge is -2.27. The summed E-state index contributed by atoms with van der Waals surface area (Å²) in [7, 11) is 1.67. The first-order chi connectivity index (χ1) is 15.8. The van der Waals surface area contributed by atoms with E-state index in [1.807, 2.05) is 18.2 Å². The molecule has 164 valence electrons. The van der Waals surface area contributed by atoms with Gasteiger partial charge in [-0.15, -0.1) is 10.2 Å². The number of nitrogens with zero attached hydrogens (tertiary/aromatic N) is 4. The Morgan fingerprint density at radius 3 is 2.62 bits per heavy atom. The van der Waals surface area contributed by atoms with Crippen molar-refractivity contribution < 1.29 is 13.9 Å². The van der Waals surface area contributed by atoms with E-state index in [4.69, 9.17) is 13.9 Å². The van der Waals surface area contributed by atoms with E-state index < -0.39 is 0 Å². The second kappa shape index (κ2) is 9.33. The SMILES string of the molecule is COc1ccc(-c2ccc3ncc(-c4nnco4)c(NCCN4CCOCC4)c3c2)cc1. The maximum Gasteiger partial charge on any atom is 0.251 e. The molecule has 1 fully saturated rings. The first kappa shape index (κ1) is 20.4. The van der Waals surface area contributed by atoms with E-state index in [-0.39, 0.29) is 0 Å². The summed E-state index contributed by atoms with van der Waals surface area (Å²) in [5.74, 6) is 1.28. The number of nitrogens with one attached hydrogen (secondary N) is 1. The minimum absolute atomic E-state index is 0.447. The molecule has 5 rings (SSSR count). The molecule has 2 aromatic heterocycles. The summed E-state index contributed by atoms with van der Waals surface area (Å²) in [6.45, 7) is 5.20. The average Bonchev–Trinajstić information content (AvgIpc) is 3.39. The van der Waals surface area contributed by atoms with Crippen LogP contribution in [-0.2, 0) is 4.74 Å². The maximum absolute atomic E-state index is 5.50. The highest BCUT2D eigenvalue weighted by atomic mass is 16.5. The number of aromatic nitrogens is 3. The molecule has 0 bridgehead atoms. The van der Waals surface area contributed by atoms with Crippen molar-refractivity contribution in [2.45, 2.75) is 0 Å². The first-order valence-corrected chi connectivity index (χ1v) is 10.7. The van der Waals surface area contributed by atoms with Crippen LogP contribution in [0.2, 0.25) is 0 Å². The van der Waals surface area contributed by atoms with Gasteiger partial charge in [-0.1, -0.05) is 18.2 Å². The summed E-state index contributed by atoms with van der Waals surface area (Å²) < 4.78 is 16.2. The molecule has 8 nitrogen and oxygen atoms in total. The Morgan fingerprint density at radius 2 is 1.88 bits per heavy atom. The van der Waals surface area contributed by atoms with Gasteiger partial charge in [0, 0.05) is 37.8 Å². The van der Waals surface area contributed by atoms with Crippen molar-refractivity contribution in [3.05, 3.63) is 55.1 Å². The van der Waals surface area contributed by atoms with Gasteiger partial charge in [0.1, 0.15) is 5.75 Å². The number of hydrogen-bond acceptors (Lipinski definition) is 8. The van der Waals surface area contributed by atoms with Crippen LogP contribution in [-0.4, -0.2) is 66.6 Å². The number of methoxy groups -OCH3 is 1. The molecule has 8 heteroatoms. The fraction of sp³-hybridized carbons (Fsp3) is 0.292. The molecule has 0 aliphatic carbocycles. The molecular formula is C24H25N5O3. The maximum atomic E-state index is 5.50. The van der Waals surface area contributed by atoms with Crippen molar-refractivity contribution in [3.63, 3.8) is 0 Å². The zero-order valence-electron chi connectivity index (χ0n) is 18.0. The van der Waals surface area contributed by atoms with Crippen LogP contribution in [0, 0.1) is 0 Å². The summed E-state index contributed by atoms with van der Waals surface area (Å²) in [6.07, 6.45) is 3.13. The van der Waals surface area contributed by atoms with E-state index in [9.17, 15) is 0 Å². The van der Waals surface area contributed by atoms with Crippen LogP contribution in [0.1, 0.15) is 0 Å². The van der Waals surface area contributed by atoms with Crippen LogP contribution >= 0.6 is 0 Å². The molecule has 0 saturated carbocycles. The highest BCUT2D eigenvalue weighted by molar-refractivity contribution is 6.00. The van der Waals surface area contributed by atoms with E-state index in [0.29, 0.717) is 5.89 Å². The van der Waals surface area contributed by atoms with E-state index in [1.54, 1.807) is 13.3 Å². The third kappa shape index (κ3) is 4.28. The van der Waals surface area contributed by atoms with Gasteiger partial charge >= 0.3 is 0 Å². The van der Waals surface area contributed by atoms with E-state index >= 15 is 0 Å². The Morgan fingerprint density at radius 1 is 1.06 bits per heavy atom. The van der Waals surface area contributed by atoms with Gasteiger partial charge in [-0.05, 0) is 35.4 Å². The standard InChI is InChI=1S/C24H25N5O3/c1-30-19-5-2-17(3-6-19)18-4-7-22-20(14-18)23(21(15-26-22)24-28-27-16-32-24)25-8-9-29-10-12-31-13-11-29/h2-7,14-16H,8-13H2,1H3,(H,25,26). The Hall–Kier alpha value is -3.49. The molecular weight excluding hydrogens is 406 g/mol. The predicted molar refractivity (Wildman–Crippen MR) is 123 cm³/mol. The number of morpholine rings is 1. The Kier molecular flexibility index (Phi) is 5.96. The number of hydrogen-bond donors (Lipinski definition) is 1. The van der Waals surface area contributed by atoms with Gasteiger partial charge in [0.2, 0.25) is 6.39 Å². The van der Waals surface area contributed by atoms with Crippen molar-refractivity contribution in [1.82, 2.24) is 20.1 Å². The van der Waals surface area contributed by atoms with Crippen molar-refractivity contribution >= 4 is 16.6 Å². The van der Waals surface area contributed by atoms with Gasteiger partial charge in [-0.2, -0.15) is 0 Å². The number of pyridine rings is 1. The Balaban J connectivity index is 1.51. The summed E-state index contributed by atoms with van der Waals surface area (Å²) in [4.78, 5) is 7.04. The minimum Gasteiger partial charge on any atom is -0.497 e. The van der Waals surface area contributed by atoms with Crippen LogP contribution in [0.5, 0.6) is 5.75 Å². The zero-order chi connectivity index (χ0) is 21.8. The van der Waals surface area contributed by atoms with E-state index in [1.165, 1.54) is 6.39 Å². The summed E-state index contributed by atoms with van der Waals surface area (Å²) in [5, 5.41) is 12.6. The average molecular weight is 431 g/mol. The van der Waals surface area contributed by atoms with Crippen LogP contribution in [0.3, 0.4) is 0 Å². The minimum atomic E-state index is 0.447. The molecule has 1 saturated heterocycles. The molecule has 0 spiro atoms. The molecule has 0 amide bonds. The summed E-state index contributed by atoms with van der Waals surface area (Å²) in [5.41, 5.74) is 4.85. The molecule has 0 atom stereocenters. The molecule has 1 aliphatic rings. The third-order valence-electron chi connectivity index (χ3n) is 5.72. The van der Waals surface area contributed by atoms with Crippen molar-refractivity contribution in [2.24, 2.45) is 0 Å². The lowest BCUT2D eigenvalue weighted by Crippen LogP contribution is -2.39. The van der Waals surface area contributed by atoms with Crippen molar-refractivity contribution in [1.29, 1.82) is 0 Å². The quantitative estimate of drug-likeness (QED) is 0.474. The largest absolute Gasteiger partial charge is 0.497 e. The molecule has 0 unspecified atom stereocenters. The van der Waals surface area contributed by atoms with Gasteiger partial charge in [-0.3, -0.25) is 9.88 Å². The molecule has 0 radical (unpaired) electrons. The number of anilines is 1. The lowest BCUT2D eigenvalue weighted by molar-refractivity contribution is 0.0398. The Labute approximate surface area is 186 Å². The Bertz CT molecular complexity index is 1170. The number of benzene rings is 2. The van der Waals surface area contributed by atoms with Crippen molar-refractivity contribution in [3.8, 4) is 28.3 Å². The van der Waals surface area contributed by atoms with Gasteiger partial charge in [0.25, 0.3) is 5.89 Å². The second-order valence-electron chi connectivity index (χ2n) is 7.63. The number of fused-ring (bicyclic) bond motifs is 1. The van der Waals surface area contributed by atoms with Crippen LogP contribution < -0.4 is 10.1 Å². The van der Waals surface area contributed by atoms with Gasteiger partial charge in [0.05, 0.1) is 37.1 Å². The summed E-state index contributed by atoms with van der Waals surface area (Å²) >= 11 is 0. The molecule has 32 heavy (non-hydrogen) atoms. The monoisotopic (exact) mass is 431 g/mol. The van der Waals surface area contributed by atoms with Crippen LogP contribution in [0.15, 0.2) is 59.5 Å². The third-order valence-corrected chi connectivity index (χ3v) is 5.72. The van der Waals surface area contributed by atoms with E-state index in [2.05, 4.69) is 49.7 Å². The highest BCUT2D eigenvalue weighted by Gasteiger charge is 2.16. The predicted octanol–water partition coefficient (Wildman–Crippen LogP) is 3.70. The molecule has 1 aliphatic heterocycles. The molecule has 1 N–H and O–H groups in total. The van der Waals surface area contributed by atoms with Gasteiger partial charge in [0.15, 0.2) is 0 Å².